The monoisotopic (exact) mass is 298 g/mol. The van der Waals surface area contributed by atoms with E-state index in [0.717, 1.165) is 18.2 Å². The Morgan fingerprint density at radius 2 is 2.11 bits per heavy atom. The van der Waals surface area contributed by atoms with Crippen LogP contribution in [0.15, 0.2) is 29.2 Å². The first-order valence-corrected chi connectivity index (χ1v) is 8.33. The summed E-state index contributed by atoms with van der Waals surface area (Å²) in [5.74, 6) is 0.598. The van der Waals surface area contributed by atoms with E-state index in [1.807, 2.05) is 12.2 Å². The summed E-state index contributed by atoms with van der Waals surface area (Å²) in [7, 11) is -3.29. The van der Waals surface area contributed by atoms with Gasteiger partial charge in [-0.15, -0.1) is 0 Å². The van der Waals surface area contributed by atoms with Crippen LogP contribution in [-0.2, 0) is 14.6 Å². The lowest BCUT2D eigenvalue weighted by molar-refractivity contribution is -0.117. The zero-order valence-electron chi connectivity index (χ0n) is 10.6. The van der Waals surface area contributed by atoms with Crippen LogP contribution in [0.4, 0.5) is 0 Å². The fraction of sp³-hybridized carbons (Fsp3) is 0.357. The Morgan fingerprint density at radius 1 is 1.37 bits per heavy atom. The van der Waals surface area contributed by atoms with Gasteiger partial charge in [0, 0.05) is 19.1 Å². The average Bonchev–Trinajstić information content (AvgIpc) is 2.71. The lowest BCUT2D eigenvalue weighted by atomic mass is 10.1. The maximum Gasteiger partial charge on any atom is 0.176 e. The maximum absolute atomic E-state index is 11.4. The number of carbonyl (C=O) groups excluding carboxylic acids is 1. The lowest BCUT2D eigenvalue weighted by Gasteiger charge is -2.04. The maximum atomic E-state index is 11.4. The third kappa shape index (κ3) is 3.67. The molecule has 1 aliphatic rings. The van der Waals surface area contributed by atoms with E-state index in [4.69, 9.17) is 11.6 Å². The van der Waals surface area contributed by atoms with Gasteiger partial charge in [-0.25, -0.2) is 8.42 Å². The fourth-order valence-electron chi connectivity index (χ4n) is 2.18. The lowest BCUT2D eigenvalue weighted by Crippen LogP contribution is -1.98. The summed E-state index contributed by atoms with van der Waals surface area (Å²) in [6, 6.07) is 4.86. The van der Waals surface area contributed by atoms with Gasteiger partial charge in [0.15, 0.2) is 9.84 Å². The van der Waals surface area contributed by atoms with E-state index in [1.54, 1.807) is 12.1 Å². The molecule has 5 heteroatoms. The molecule has 0 amide bonds. The highest BCUT2D eigenvalue weighted by Crippen LogP contribution is 2.26. The van der Waals surface area contributed by atoms with Crippen LogP contribution in [0.1, 0.15) is 24.8 Å². The van der Waals surface area contributed by atoms with Crippen molar-refractivity contribution in [3.63, 3.8) is 0 Å². The van der Waals surface area contributed by atoms with Gasteiger partial charge in [0.1, 0.15) is 5.78 Å². The van der Waals surface area contributed by atoms with Gasteiger partial charge in [-0.05, 0) is 30.0 Å². The molecular formula is C14H15ClO3S. The molecule has 3 nitrogen and oxygen atoms in total. The van der Waals surface area contributed by atoms with E-state index in [-0.39, 0.29) is 9.92 Å². The van der Waals surface area contributed by atoms with Crippen molar-refractivity contribution < 1.29 is 13.2 Å². The van der Waals surface area contributed by atoms with E-state index in [2.05, 4.69) is 0 Å². The quantitative estimate of drug-likeness (QED) is 0.861. The number of rotatable bonds is 3. The number of hydrogen-bond donors (Lipinski definition) is 0. The highest BCUT2D eigenvalue weighted by atomic mass is 35.5. The minimum Gasteiger partial charge on any atom is -0.300 e. The summed E-state index contributed by atoms with van der Waals surface area (Å²) in [5, 5.41) is 0.229. The van der Waals surface area contributed by atoms with E-state index in [0.29, 0.717) is 24.5 Å². The summed E-state index contributed by atoms with van der Waals surface area (Å²) >= 11 is 5.97. The first-order valence-electron chi connectivity index (χ1n) is 6.06. The van der Waals surface area contributed by atoms with Gasteiger partial charge in [0.2, 0.25) is 0 Å². The second-order valence-electron chi connectivity index (χ2n) is 4.86. The van der Waals surface area contributed by atoms with Gasteiger partial charge in [-0.2, -0.15) is 0 Å². The Morgan fingerprint density at radius 3 is 2.63 bits per heavy atom. The molecule has 0 spiro atoms. The van der Waals surface area contributed by atoms with E-state index in [1.165, 1.54) is 6.07 Å². The smallest absolute Gasteiger partial charge is 0.176 e. The van der Waals surface area contributed by atoms with Crippen LogP contribution in [0.3, 0.4) is 0 Å². The zero-order chi connectivity index (χ0) is 14.0. The van der Waals surface area contributed by atoms with Crippen LogP contribution in [0.5, 0.6) is 0 Å². The number of sulfone groups is 1. The van der Waals surface area contributed by atoms with Crippen LogP contribution < -0.4 is 0 Å². The van der Waals surface area contributed by atoms with Crippen LogP contribution in [0.2, 0.25) is 5.02 Å². The van der Waals surface area contributed by atoms with Crippen molar-refractivity contribution in [2.75, 3.05) is 6.26 Å². The van der Waals surface area contributed by atoms with Gasteiger partial charge < -0.3 is 0 Å². The largest absolute Gasteiger partial charge is 0.300 e. The molecule has 2 rings (SSSR count). The van der Waals surface area contributed by atoms with Crippen molar-refractivity contribution >= 4 is 33.3 Å². The van der Waals surface area contributed by atoms with Crippen molar-refractivity contribution in [2.45, 2.75) is 24.2 Å². The molecule has 0 saturated heterocycles. The second kappa shape index (κ2) is 5.47. The normalized spacial score (nSPS) is 20.3. The average molecular weight is 299 g/mol. The number of Topliss-reactive ketones (excluding diaryl/α,β-unsaturated/α-hetero) is 1. The van der Waals surface area contributed by atoms with Crippen molar-refractivity contribution in [3.8, 4) is 0 Å². The molecular weight excluding hydrogens is 284 g/mol. The summed E-state index contributed by atoms with van der Waals surface area (Å²) in [4.78, 5) is 11.3. The van der Waals surface area contributed by atoms with Crippen LogP contribution >= 0.6 is 11.6 Å². The molecule has 1 saturated carbocycles. The number of benzene rings is 1. The molecule has 0 heterocycles. The predicted molar refractivity (Wildman–Crippen MR) is 75.9 cm³/mol. The molecule has 0 aliphatic heterocycles. The number of halogens is 1. The molecule has 0 unspecified atom stereocenters. The SMILES string of the molecule is CS(=O)(=O)c1ccc(/C=C/[C@H]2CCC(=O)C2)cc1Cl. The molecule has 1 atom stereocenters. The minimum atomic E-state index is -3.29. The van der Waals surface area contributed by atoms with Gasteiger partial charge in [-0.3, -0.25) is 4.79 Å². The van der Waals surface area contributed by atoms with Crippen LogP contribution in [0.25, 0.3) is 6.08 Å². The highest BCUT2D eigenvalue weighted by Gasteiger charge is 2.19. The predicted octanol–water partition coefficient (Wildman–Crippen LogP) is 3.13. The third-order valence-electron chi connectivity index (χ3n) is 3.20. The Bertz CT molecular complexity index is 632. The first kappa shape index (κ1) is 14.3. The van der Waals surface area contributed by atoms with E-state index >= 15 is 0 Å². The van der Waals surface area contributed by atoms with Gasteiger partial charge in [-0.1, -0.05) is 29.8 Å². The molecule has 1 aliphatic carbocycles. The molecule has 1 aromatic rings. The van der Waals surface area contributed by atoms with Gasteiger partial charge >= 0.3 is 0 Å². The van der Waals surface area contributed by atoms with E-state index in [9.17, 15) is 13.2 Å². The molecule has 19 heavy (non-hydrogen) atoms. The van der Waals surface area contributed by atoms with Crippen molar-refractivity contribution in [1.29, 1.82) is 0 Å². The summed E-state index contributed by atoms with van der Waals surface area (Å²) in [6.07, 6.45) is 7.17. The summed E-state index contributed by atoms with van der Waals surface area (Å²) in [5.41, 5.74) is 0.844. The van der Waals surface area contributed by atoms with Crippen molar-refractivity contribution in [1.82, 2.24) is 0 Å². The van der Waals surface area contributed by atoms with Gasteiger partial charge in [0.25, 0.3) is 0 Å². The molecule has 0 N–H and O–H groups in total. The number of allylic oxidation sites excluding steroid dienone is 1. The number of carbonyl (C=O) groups is 1. The standard InChI is InChI=1S/C14H15ClO3S/c1-19(17,18)14-7-5-11(9-13(14)15)3-2-10-4-6-12(16)8-10/h2-3,5,7,9-10H,4,6,8H2,1H3/b3-2+/t10-/m0/s1. The molecule has 1 fully saturated rings. The summed E-state index contributed by atoms with van der Waals surface area (Å²) in [6.45, 7) is 0. The minimum absolute atomic E-state index is 0.141. The Labute approximate surface area is 118 Å². The van der Waals surface area contributed by atoms with Crippen LogP contribution in [0, 0.1) is 5.92 Å². The topological polar surface area (TPSA) is 51.2 Å². The fourth-order valence-corrected chi connectivity index (χ4v) is 3.51. The third-order valence-corrected chi connectivity index (χ3v) is 4.78. The summed E-state index contributed by atoms with van der Waals surface area (Å²) < 4.78 is 22.9. The number of hydrogen-bond acceptors (Lipinski definition) is 3. The Hall–Kier alpha value is -1.13. The highest BCUT2D eigenvalue weighted by molar-refractivity contribution is 7.90. The van der Waals surface area contributed by atoms with Crippen LogP contribution in [-0.4, -0.2) is 20.5 Å². The molecule has 0 radical (unpaired) electrons. The molecule has 0 aromatic heterocycles. The molecule has 1 aromatic carbocycles. The van der Waals surface area contributed by atoms with Gasteiger partial charge in [0.05, 0.1) is 9.92 Å². The molecule has 0 bridgehead atoms. The number of ketones is 1. The second-order valence-corrected chi connectivity index (χ2v) is 7.25. The Balaban J connectivity index is 2.17. The molecule has 102 valence electrons. The first-order chi connectivity index (χ1) is 8.86. The zero-order valence-corrected chi connectivity index (χ0v) is 12.2. The van der Waals surface area contributed by atoms with Crippen molar-refractivity contribution in [3.05, 3.63) is 34.9 Å². The van der Waals surface area contributed by atoms with E-state index < -0.39 is 9.84 Å². The van der Waals surface area contributed by atoms with Crippen molar-refractivity contribution in [2.24, 2.45) is 5.92 Å². The Kier molecular flexibility index (Phi) is 4.11.